The molecule has 0 unspecified atom stereocenters. The quantitative estimate of drug-likeness (QED) is 0.817. The van der Waals surface area contributed by atoms with Gasteiger partial charge in [-0.25, -0.2) is 4.98 Å². The lowest BCUT2D eigenvalue weighted by atomic mass is 10.1. The highest BCUT2D eigenvalue weighted by molar-refractivity contribution is 9.10. The Morgan fingerprint density at radius 1 is 1.39 bits per heavy atom. The van der Waals surface area contributed by atoms with Crippen molar-refractivity contribution in [1.29, 1.82) is 0 Å². The van der Waals surface area contributed by atoms with Gasteiger partial charge in [-0.05, 0) is 28.4 Å². The second-order valence-electron chi connectivity index (χ2n) is 3.91. The van der Waals surface area contributed by atoms with E-state index in [0.29, 0.717) is 10.0 Å². The third-order valence-electron chi connectivity index (χ3n) is 2.62. The summed E-state index contributed by atoms with van der Waals surface area (Å²) in [5.41, 5.74) is 1.27. The molecule has 0 saturated carbocycles. The van der Waals surface area contributed by atoms with E-state index in [1.165, 1.54) is 17.1 Å². The van der Waals surface area contributed by atoms with E-state index in [9.17, 15) is 9.59 Å². The number of nitrogens with zero attached hydrogens (tertiary/aromatic N) is 2. The molecule has 0 amide bonds. The van der Waals surface area contributed by atoms with Gasteiger partial charge in [-0.1, -0.05) is 24.3 Å². The van der Waals surface area contributed by atoms with Gasteiger partial charge in [-0.3, -0.25) is 14.2 Å². The van der Waals surface area contributed by atoms with Crippen molar-refractivity contribution in [3.05, 3.63) is 62.7 Å². The number of aromatic nitrogens is 2. The highest BCUT2D eigenvalue weighted by atomic mass is 79.9. The van der Waals surface area contributed by atoms with Crippen molar-refractivity contribution >= 4 is 21.7 Å². The predicted octanol–water partition coefficient (Wildman–Crippen LogP) is 2.20. The molecule has 1 aromatic carbocycles. The maximum Gasteiger partial charge on any atom is 0.268 e. The van der Waals surface area contributed by atoms with Crippen molar-refractivity contribution in [2.75, 3.05) is 0 Å². The van der Waals surface area contributed by atoms with E-state index in [-0.39, 0.29) is 17.9 Å². The van der Waals surface area contributed by atoms with Crippen LogP contribution in [0.15, 0.2) is 46.1 Å². The minimum atomic E-state index is -0.257. The predicted molar refractivity (Wildman–Crippen MR) is 71.7 cm³/mol. The van der Waals surface area contributed by atoms with Crippen LogP contribution in [0.25, 0.3) is 0 Å². The van der Waals surface area contributed by atoms with Crippen LogP contribution in [-0.4, -0.2) is 15.3 Å². The summed E-state index contributed by atoms with van der Waals surface area (Å²) in [5, 5.41) is 0. The van der Waals surface area contributed by atoms with Gasteiger partial charge in [0.1, 0.15) is 4.47 Å². The van der Waals surface area contributed by atoms with Crippen LogP contribution >= 0.6 is 15.9 Å². The number of carbonyl (C=O) groups excluding carboxylic acids is 1. The van der Waals surface area contributed by atoms with Gasteiger partial charge in [0.05, 0.1) is 12.9 Å². The molecule has 92 valence electrons. The molecule has 18 heavy (non-hydrogen) atoms. The first kappa shape index (κ1) is 12.7. The third-order valence-corrected chi connectivity index (χ3v) is 3.16. The van der Waals surface area contributed by atoms with E-state index in [1.807, 2.05) is 25.1 Å². The molecule has 0 aliphatic rings. The highest BCUT2D eigenvalue weighted by Gasteiger charge is 2.10. The Bertz CT molecular complexity index is 649. The van der Waals surface area contributed by atoms with Crippen molar-refractivity contribution in [1.82, 2.24) is 9.55 Å². The number of benzene rings is 1. The summed E-state index contributed by atoms with van der Waals surface area (Å²) in [6.45, 7) is 1.87. The summed E-state index contributed by atoms with van der Waals surface area (Å²) < 4.78 is 1.64. The molecule has 0 fully saturated rings. The van der Waals surface area contributed by atoms with Crippen molar-refractivity contribution in [3.63, 3.8) is 0 Å². The van der Waals surface area contributed by atoms with Crippen LogP contribution in [0.3, 0.4) is 0 Å². The van der Waals surface area contributed by atoms with Crippen LogP contribution < -0.4 is 5.56 Å². The lowest BCUT2D eigenvalue weighted by Crippen LogP contribution is -2.25. The fourth-order valence-corrected chi connectivity index (χ4v) is 2.01. The number of halogens is 1. The minimum Gasteiger partial charge on any atom is -0.292 e. The average molecular weight is 307 g/mol. The minimum absolute atomic E-state index is 0.00384. The Morgan fingerprint density at radius 3 is 2.83 bits per heavy atom. The first-order valence-electron chi connectivity index (χ1n) is 5.38. The van der Waals surface area contributed by atoms with Crippen LogP contribution in [-0.2, 0) is 6.54 Å². The Morgan fingerprint density at radius 2 is 2.11 bits per heavy atom. The maximum absolute atomic E-state index is 12.1. The van der Waals surface area contributed by atoms with Gasteiger partial charge in [0.25, 0.3) is 5.56 Å². The summed E-state index contributed by atoms with van der Waals surface area (Å²) in [7, 11) is 0. The second-order valence-corrected chi connectivity index (χ2v) is 4.77. The van der Waals surface area contributed by atoms with E-state index in [4.69, 9.17) is 0 Å². The number of ketones is 1. The topological polar surface area (TPSA) is 52.0 Å². The highest BCUT2D eigenvalue weighted by Crippen LogP contribution is 2.08. The zero-order valence-corrected chi connectivity index (χ0v) is 11.3. The molecule has 5 heteroatoms. The number of hydrogen-bond donors (Lipinski definition) is 0. The van der Waals surface area contributed by atoms with E-state index >= 15 is 0 Å². The number of aryl methyl sites for hydroxylation is 1. The van der Waals surface area contributed by atoms with Gasteiger partial charge in [-0.15, -0.1) is 0 Å². The Hall–Kier alpha value is -1.75. The molecule has 0 atom stereocenters. The number of carbonyl (C=O) groups is 1. The largest absolute Gasteiger partial charge is 0.292 e. The molecule has 2 aromatic rings. The molecule has 1 heterocycles. The summed E-state index contributed by atoms with van der Waals surface area (Å²) in [6.07, 6.45) is 2.78. The first-order valence-corrected chi connectivity index (χ1v) is 6.17. The normalized spacial score (nSPS) is 10.3. The first-order chi connectivity index (χ1) is 8.59. The van der Waals surface area contributed by atoms with Crippen molar-refractivity contribution < 1.29 is 4.79 Å². The summed E-state index contributed by atoms with van der Waals surface area (Å²) in [6, 6.07) is 7.31. The Balaban J connectivity index is 2.30. The standard InChI is InChI=1S/C13H11BrN2O2/c1-9-4-2-3-5-10(9)12(17)7-16-8-15-6-11(14)13(16)18/h2-6,8H,7H2,1H3. The van der Waals surface area contributed by atoms with Crippen LogP contribution in [0.1, 0.15) is 15.9 Å². The SMILES string of the molecule is Cc1ccccc1C(=O)Cn1cncc(Br)c1=O. The maximum atomic E-state index is 12.1. The molecule has 0 spiro atoms. The zero-order valence-electron chi connectivity index (χ0n) is 9.76. The van der Waals surface area contributed by atoms with Gasteiger partial charge >= 0.3 is 0 Å². The van der Waals surface area contributed by atoms with Gasteiger partial charge in [0.2, 0.25) is 0 Å². The summed E-state index contributed by atoms with van der Waals surface area (Å²) in [4.78, 5) is 27.7. The summed E-state index contributed by atoms with van der Waals surface area (Å²) in [5.74, 6) is -0.102. The van der Waals surface area contributed by atoms with Gasteiger partial charge in [0, 0.05) is 11.8 Å². The molecule has 0 bridgehead atoms. The van der Waals surface area contributed by atoms with Gasteiger partial charge < -0.3 is 0 Å². The molecule has 0 saturated heterocycles. The van der Waals surface area contributed by atoms with Crippen molar-refractivity contribution in [2.24, 2.45) is 0 Å². The average Bonchev–Trinajstić information content (AvgIpc) is 2.35. The third kappa shape index (κ3) is 2.56. The fraction of sp³-hybridized carbons (Fsp3) is 0.154. The molecule has 1 aromatic heterocycles. The second kappa shape index (κ2) is 5.27. The van der Waals surface area contributed by atoms with Crippen molar-refractivity contribution in [2.45, 2.75) is 13.5 Å². The van der Waals surface area contributed by atoms with Crippen LogP contribution in [0.5, 0.6) is 0 Å². The van der Waals surface area contributed by atoms with Crippen LogP contribution in [0.2, 0.25) is 0 Å². The van der Waals surface area contributed by atoms with E-state index in [1.54, 1.807) is 6.07 Å². The van der Waals surface area contributed by atoms with E-state index in [2.05, 4.69) is 20.9 Å². The Labute approximate surface area is 112 Å². The lowest BCUT2D eigenvalue weighted by Gasteiger charge is -2.06. The smallest absolute Gasteiger partial charge is 0.268 e. The molecule has 2 rings (SSSR count). The van der Waals surface area contributed by atoms with Gasteiger partial charge in [0.15, 0.2) is 5.78 Å². The molecule has 0 N–H and O–H groups in total. The van der Waals surface area contributed by atoms with Gasteiger partial charge in [-0.2, -0.15) is 0 Å². The number of hydrogen-bond acceptors (Lipinski definition) is 3. The zero-order chi connectivity index (χ0) is 13.1. The van der Waals surface area contributed by atoms with E-state index in [0.717, 1.165) is 5.56 Å². The molecule has 0 aliphatic heterocycles. The Kier molecular flexibility index (Phi) is 3.72. The molecule has 4 nitrogen and oxygen atoms in total. The summed E-state index contributed by atoms with van der Waals surface area (Å²) >= 11 is 3.10. The molecule has 0 radical (unpaired) electrons. The monoisotopic (exact) mass is 306 g/mol. The van der Waals surface area contributed by atoms with E-state index < -0.39 is 0 Å². The lowest BCUT2D eigenvalue weighted by molar-refractivity contribution is 0.0969. The van der Waals surface area contributed by atoms with Crippen LogP contribution in [0, 0.1) is 6.92 Å². The fourth-order valence-electron chi connectivity index (χ4n) is 1.66. The molecular weight excluding hydrogens is 296 g/mol. The molecular formula is C13H11BrN2O2. The van der Waals surface area contributed by atoms with Crippen LogP contribution in [0.4, 0.5) is 0 Å². The van der Waals surface area contributed by atoms with Crippen molar-refractivity contribution in [3.8, 4) is 0 Å². The molecule has 0 aliphatic carbocycles. The number of Topliss-reactive ketones (excluding diaryl/α,β-unsaturated/α-hetero) is 1. The number of rotatable bonds is 3.